The van der Waals surface area contributed by atoms with Crippen LogP contribution in [0.2, 0.25) is 0 Å². The second-order valence-corrected chi connectivity index (χ2v) is 5.28. The van der Waals surface area contributed by atoms with E-state index in [4.69, 9.17) is 0 Å². The molecular formula is C21H18O. The molecule has 0 aliphatic rings. The van der Waals surface area contributed by atoms with Gasteiger partial charge in [0.1, 0.15) is 5.75 Å². The van der Waals surface area contributed by atoms with Crippen molar-refractivity contribution in [3.63, 3.8) is 0 Å². The molecule has 0 aromatic heterocycles. The third-order valence-corrected chi connectivity index (χ3v) is 3.75. The molecule has 1 heteroatoms. The molecule has 0 bridgehead atoms. The van der Waals surface area contributed by atoms with Crippen LogP contribution in [0.1, 0.15) is 5.56 Å². The fraction of sp³-hybridized carbons (Fsp3) is 0.0476. The number of rotatable bonds is 4. The van der Waals surface area contributed by atoms with Crippen molar-refractivity contribution in [1.82, 2.24) is 0 Å². The average molecular weight is 286 g/mol. The second kappa shape index (κ2) is 6.31. The lowest BCUT2D eigenvalue weighted by Gasteiger charge is -2.11. The molecule has 0 aliphatic heterocycles. The lowest BCUT2D eigenvalue weighted by molar-refractivity contribution is 0.475. The van der Waals surface area contributed by atoms with Crippen LogP contribution >= 0.6 is 0 Å². The number of phenolic OH excluding ortho intramolecular Hbond substituents is 1. The predicted octanol–water partition coefficient (Wildman–Crippen LogP) is 5.45. The summed E-state index contributed by atoms with van der Waals surface area (Å²) in [5, 5.41) is 9.45. The molecule has 108 valence electrons. The Kier molecular flexibility index (Phi) is 4.06. The highest BCUT2D eigenvalue weighted by molar-refractivity contribution is 5.74. The summed E-state index contributed by atoms with van der Waals surface area (Å²) in [4.78, 5) is 0. The Morgan fingerprint density at radius 1 is 0.773 bits per heavy atom. The van der Waals surface area contributed by atoms with Gasteiger partial charge in [0, 0.05) is 0 Å². The van der Waals surface area contributed by atoms with Gasteiger partial charge in [0.15, 0.2) is 0 Å². The maximum Gasteiger partial charge on any atom is 0.115 e. The normalized spacial score (nSPS) is 10.4. The van der Waals surface area contributed by atoms with Crippen molar-refractivity contribution in [3.8, 4) is 28.0 Å². The molecular weight excluding hydrogens is 268 g/mol. The van der Waals surface area contributed by atoms with Crippen molar-refractivity contribution < 1.29 is 5.11 Å². The lowest BCUT2D eigenvalue weighted by Crippen LogP contribution is -1.90. The molecule has 0 aliphatic carbocycles. The molecule has 3 rings (SSSR count). The van der Waals surface area contributed by atoms with Crippen LogP contribution in [0.25, 0.3) is 22.3 Å². The van der Waals surface area contributed by atoms with Crippen LogP contribution in [0, 0.1) is 0 Å². The lowest BCUT2D eigenvalue weighted by atomic mass is 9.93. The molecule has 0 fully saturated rings. The first kappa shape index (κ1) is 14.2. The van der Waals surface area contributed by atoms with Gasteiger partial charge in [-0.05, 0) is 46.4 Å². The van der Waals surface area contributed by atoms with E-state index < -0.39 is 0 Å². The van der Waals surface area contributed by atoms with Crippen molar-refractivity contribution in [3.05, 3.63) is 91.0 Å². The Hall–Kier alpha value is -2.80. The highest BCUT2D eigenvalue weighted by Crippen LogP contribution is 2.30. The van der Waals surface area contributed by atoms with E-state index in [0.717, 1.165) is 12.0 Å². The zero-order valence-electron chi connectivity index (χ0n) is 12.4. The Labute approximate surface area is 131 Å². The summed E-state index contributed by atoms with van der Waals surface area (Å²) < 4.78 is 0. The molecule has 0 radical (unpaired) electrons. The molecule has 0 unspecified atom stereocenters. The number of phenols is 1. The Bertz CT molecular complexity index is 771. The quantitative estimate of drug-likeness (QED) is 0.632. The topological polar surface area (TPSA) is 20.2 Å². The van der Waals surface area contributed by atoms with Crippen LogP contribution in [0.3, 0.4) is 0 Å². The zero-order valence-corrected chi connectivity index (χ0v) is 12.4. The number of hydrogen-bond acceptors (Lipinski definition) is 1. The fourth-order valence-corrected chi connectivity index (χ4v) is 2.65. The number of aromatic hydroxyl groups is 1. The van der Waals surface area contributed by atoms with Gasteiger partial charge in [-0.2, -0.15) is 0 Å². The maximum atomic E-state index is 9.45. The number of benzene rings is 3. The van der Waals surface area contributed by atoms with Gasteiger partial charge in [0.05, 0.1) is 0 Å². The van der Waals surface area contributed by atoms with E-state index in [0.29, 0.717) is 0 Å². The minimum atomic E-state index is 0.287. The van der Waals surface area contributed by atoms with E-state index in [-0.39, 0.29) is 5.75 Å². The van der Waals surface area contributed by atoms with Crippen LogP contribution in [0.15, 0.2) is 85.5 Å². The third-order valence-electron chi connectivity index (χ3n) is 3.75. The second-order valence-electron chi connectivity index (χ2n) is 5.28. The zero-order chi connectivity index (χ0) is 15.4. The van der Waals surface area contributed by atoms with Gasteiger partial charge in [0.2, 0.25) is 0 Å². The highest BCUT2D eigenvalue weighted by atomic mass is 16.3. The Morgan fingerprint density at radius 3 is 2.14 bits per heavy atom. The summed E-state index contributed by atoms with van der Waals surface area (Å²) in [6.45, 7) is 3.87. The minimum Gasteiger partial charge on any atom is -0.508 e. The van der Waals surface area contributed by atoms with E-state index in [1.54, 1.807) is 12.1 Å². The summed E-state index contributed by atoms with van der Waals surface area (Å²) in [7, 11) is 0. The molecule has 1 nitrogen and oxygen atoms in total. The summed E-state index contributed by atoms with van der Waals surface area (Å²) in [6.07, 6.45) is 2.74. The third kappa shape index (κ3) is 2.94. The van der Waals surface area contributed by atoms with Crippen LogP contribution in [0.5, 0.6) is 5.75 Å². The maximum absolute atomic E-state index is 9.45. The van der Waals surface area contributed by atoms with Crippen LogP contribution in [-0.4, -0.2) is 5.11 Å². The van der Waals surface area contributed by atoms with E-state index in [9.17, 15) is 5.11 Å². The molecule has 22 heavy (non-hydrogen) atoms. The van der Waals surface area contributed by atoms with E-state index in [2.05, 4.69) is 49.0 Å². The van der Waals surface area contributed by atoms with Gasteiger partial charge in [0.25, 0.3) is 0 Å². The van der Waals surface area contributed by atoms with Gasteiger partial charge >= 0.3 is 0 Å². The monoisotopic (exact) mass is 286 g/mol. The molecule has 0 amide bonds. The largest absolute Gasteiger partial charge is 0.508 e. The van der Waals surface area contributed by atoms with E-state index in [1.165, 1.54) is 22.3 Å². The Morgan fingerprint density at radius 2 is 1.45 bits per heavy atom. The molecule has 3 aromatic rings. The summed E-state index contributed by atoms with van der Waals surface area (Å²) in [6, 6.07) is 24.2. The van der Waals surface area contributed by atoms with Crippen LogP contribution in [-0.2, 0) is 6.42 Å². The first-order chi connectivity index (χ1) is 10.8. The van der Waals surface area contributed by atoms with Crippen LogP contribution in [0.4, 0.5) is 0 Å². The first-order valence-corrected chi connectivity index (χ1v) is 7.36. The SMILES string of the molecule is C=CCc1cc(-c2ccccc2)ccc1-c1ccc(O)cc1. The molecule has 3 aromatic carbocycles. The Balaban J connectivity index is 2.08. The smallest absolute Gasteiger partial charge is 0.115 e. The first-order valence-electron chi connectivity index (χ1n) is 7.36. The van der Waals surface area contributed by atoms with Gasteiger partial charge in [-0.15, -0.1) is 6.58 Å². The molecule has 0 atom stereocenters. The number of allylic oxidation sites excluding steroid dienone is 1. The predicted molar refractivity (Wildman–Crippen MR) is 92.9 cm³/mol. The van der Waals surface area contributed by atoms with Gasteiger partial charge in [-0.1, -0.05) is 66.7 Å². The van der Waals surface area contributed by atoms with Gasteiger partial charge < -0.3 is 5.11 Å². The fourth-order valence-electron chi connectivity index (χ4n) is 2.65. The van der Waals surface area contributed by atoms with Crippen molar-refractivity contribution in [2.24, 2.45) is 0 Å². The summed E-state index contributed by atoms with van der Waals surface area (Å²) in [5.41, 5.74) is 5.95. The van der Waals surface area contributed by atoms with Crippen molar-refractivity contribution >= 4 is 0 Å². The van der Waals surface area contributed by atoms with Crippen molar-refractivity contribution in [2.75, 3.05) is 0 Å². The number of hydrogen-bond donors (Lipinski definition) is 1. The van der Waals surface area contributed by atoms with Crippen molar-refractivity contribution in [1.29, 1.82) is 0 Å². The average Bonchev–Trinajstić information content (AvgIpc) is 2.57. The van der Waals surface area contributed by atoms with Crippen LogP contribution < -0.4 is 0 Å². The van der Waals surface area contributed by atoms with Gasteiger partial charge in [-0.3, -0.25) is 0 Å². The summed E-state index contributed by atoms with van der Waals surface area (Å²) in [5.74, 6) is 0.287. The molecule has 0 heterocycles. The van der Waals surface area contributed by atoms with Crippen molar-refractivity contribution in [2.45, 2.75) is 6.42 Å². The molecule has 1 N–H and O–H groups in total. The summed E-state index contributed by atoms with van der Waals surface area (Å²) >= 11 is 0. The molecule has 0 saturated heterocycles. The molecule has 0 saturated carbocycles. The van der Waals surface area contributed by atoms with Gasteiger partial charge in [-0.25, -0.2) is 0 Å². The van der Waals surface area contributed by atoms with E-state index >= 15 is 0 Å². The minimum absolute atomic E-state index is 0.287. The standard InChI is InChI=1S/C21H18O/c1-2-6-19-15-18(16-7-4-3-5-8-16)11-14-21(19)17-9-12-20(22)13-10-17/h2-5,7-15,22H,1,6H2. The molecule has 0 spiro atoms. The highest BCUT2D eigenvalue weighted by Gasteiger charge is 2.07. The van der Waals surface area contributed by atoms with E-state index in [1.807, 2.05) is 24.3 Å².